The summed E-state index contributed by atoms with van der Waals surface area (Å²) in [5, 5.41) is 7.89. The van der Waals surface area contributed by atoms with Crippen LogP contribution < -0.4 is 19.5 Å². The van der Waals surface area contributed by atoms with Gasteiger partial charge in [0.25, 0.3) is 11.8 Å². The lowest BCUT2D eigenvalue weighted by molar-refractivity contribution is -0.140. The zero-order chi connectivity index (χ0) is 23.8. The number of fused-ring (bicyclic) bond motifs is 5. The van der Waals surface area contributed by atoms with Gasteiger partial charge in [-0.25, -0.2) is 4.52 Å². The van der Waals surface area contributed by atoms with Crippen LogP contribution in [0.4, 0.5) is 5.69 Å². The van der Waals surface area contributed by atoms with Crippen LogP contribution in [0.5, 0.6) is 17.4 Å². The molecular formula is C24H29N5O5. The quantitative estimate of drug-likeness (QED) is 0.625. The number of ether oxygens (including phenoxy) is 4. The van der Waals surface area contributed by atoms with E-state index in [0.29, 0.717) is 42.5 Å². The Hall–Kier alpha value is -3.53. The highest BCUT2D eigenvalue weighted by Crippen LogP contribution is 2.34. The summed E-state index contributed by atoms with van der Waals surface area (Å²) in [4.78, 5) is 19.7. The van der Waals surface area contributed by atoms with Gasteiger partial charge in [0.05, 0.1) is 38.8 Å². The molecule has 3 aromatic rings. The van der Waals surface area contributed by atoms with Crippen LogP contribution in [0.25, 0.3) is 16.8 Å². The Kier molecular flexibility index (Phi) is 5.91. The third-order valence-corrected chi connectivity index (χ3v) is 6.12. The Bertz CT molecular complexity index is 1210. The molecule has 2 aromatic heterocycles. The van der Waals surface area contributed by atoms with Gasteiger partial charge < -0.3 is 29.2 Å². The summed E-state index contributed by atoms with van der Waals surface area (Å²) in [6, 6.07) is 5.74. The molecule has 10 heteroatoms. The van der Waals surface area contributed by atoms with Crippen LogP contribution in [-0.2, 0) is 9.53 Å². The highest BCUT2D eigenvalue weighted by molar-refractivity contribution is 5.84. The van der Waals surface area contributed by atoms with Gasteiger partial charge in [-0.2, -0.15) is 10.1 Å². The van der Waals surface area contributed by atoms with E-state index in [4.69, 9.17) is 23.9 Å². The summed E-state index contributed by atoms with van der Waals surface area (Å²) in [6.07, 6.45) is 3.55. The van der Waals surface area contributed by atoms with E-state index >= 15 is 0 Å². The van der Waals surface area contributed by atoms with Crippen molar-refractivity contribution in [3.63, 3.8) is 0 Å². The van der Waals surface area contributed by atoms with Crippen LogP contribution in [0.15, 0.2) is 30.6 Å². The third kappa shape index (κ3) is 4.09. The molecule has 4 bridgehead atoms. The summed E-state index contributed by atoms with van der Waals surface area (Å²) < 4.78 is 24.7. The van der Waals surface area contributed by atoms with Gasteiger partial charge in [-0.05, 0) is 31.5 Å². The van der Waals surface area contributed by atoms with Crippen molar-refractivity contribution < 1.29 is 23.7 Å². The highest BCUT2D eigenvalue weighted by atomic mass is 16.5. The lowest BCUT2D eigenvalue weighted by atomic mass is 10.1. The number of nitrogens with one attached hydrogen (secondary N) is 1. The second-order valence-electron chi connectivity index (χ2n) is 8.72. The summed E-state index contributed by atoms with van der Waals surface area (Å²) in [5.41, 5.74) is 3.26. The molecule has 1 fully saturated rings. The van der Waals surface area contributed by atoms with Gasteiger partial charge in [-0.3, -0.25) is 4.79 Å². The van der Waals surface area contributed by atoms with E-state index in [0.717, 1.165) is 16.8 Å². The second-order valence-corrected chi connectivity index (χ2v) is 8.72. The first-order valence-corrected chi connectivity index (χ1v) is 11.4. The summed E-state index contributed by atoms with van der Waals surface area (Å²) in [6.45, 7) is 5.24. The minimum Gasteiger partial charge on any atom is -0.497 e. The van der Waals surface area contributed by atoms with Gasteiger partial charge in [-0.15, -0.1) is 0 Å². The van der Waals surface area contributed by atoms with E-state index in [9.17, 15) is 4.79 Å². The van der Waals surface area contributed by atoms with Gasteiger partial charge in [0.15, 0.2) is 11.4 Å². The molecule has 0 aliphatic carbocycles. The molecule has 1 amide bonds. The van der Waals surface area contributed by atoms with E-state index in [-0.39, 0.29) is 24.7 Å². The Labute approximate surface area is 197 Å². The first-order valence-electron chi connectivity index (χ1n) is 11.4. The predicted octanol–water partition coefficient (Wildman–Crippen LogP) is 2.61. The standard InChI is InChI=1S/C24H29N5O5/c1-14(2)34-20-10-17-13-33-23-21(32-4)12-29-22(27-23)19(11-26-29)15-7-16(9-18(8-15)31-3)25-5-6-28(17)24(20)30/h7-9,11-12,14,17,20,25H,5-6,10,13H2,1-4H3/t17?,20-/m1/s1. The molecule has 5 rings (SSSR count). The van der Waals surface area contributed by atoms with Crippen LogP contribution in [-0.4, -0.2) is 77.6 Å². The molecule has 2 atom stereocenters. The topological polar surface area (TPSA) is 99.5 Å². The molecule has 0 saturated carbocycles. The van der Waals surface area contributed by atoms with Crippen LogP contribution in [0.3, 0.4) is 0 Å². The summed E-state index contributed by atoms with van der Waals surface area (Å²) in [7, 11) is 3.20. The fraction of sp³-hybridized carbons (Fsp3) is 0.458. The van der Waals surface area contributed by atoms with E-state index in [1.54, 1.807) is 31.1 Å². The first kappa shape index (κ1) is 22.3. The highest BCUT2D eigenvalue weighted by Gasteiger charge is 2.41. The number of methoxy groups -OCH3 is 2. The maximum Gasteiger partial charge on any atom is 0.260 e. The third-order valence-electron chi connectivity index (χ3n) is 6.12. The maximum atomic E-state index is 13.1. The van der Waals surface area contributed by atoms with Crippen LogP contribution >= 0.6 is 0 Å². The number of carbonyl (C=O) groups excluding carboxylic acids is 1. The molecule has 0 spiro atoms. The van der Waals surface area contributed by atoms with Gasteiger partial charge in [-0.1, -0.05) is 0 Å². The van der Waals surface area contributed by atoms with Crippen molar-refractivity contribution in [2.24, 2.45) is 0 Å². The van der Waals surface area contributed by atoms with Crippen LogP contribution in [0.1, 0.15) is 20.3 Å². The molecule has 1 aromatic carbocycles. The zero-order valence-corrected chi connectivity index (χ0v) is 19.8. The molecular weight excluding hydrogens is 438 g/mol. The van der Waals surface area contributed by atoms with Gasteiger partial charge in [0.2, 0.25) is 0 Å². The monoisotopic (exact) mass is 467 g/mol. The van der Waals surface area contributed by atoms with Gasteiger partial charge >= 0.3 is 0 Å². The smallest absolute Gasteiger partial charge is 0.260 e. The van der Waals surface area contributed by atoms with Gasteiger partial charge in [0, 0.05) is 36.8 Å². The zero-order valence-electron chi connectivity index (χ0n) is 19.8. The van der Waals surface area contributed by atoms with Crippen molar-refractivity contribution in [3.05, 3.63) is 30.6 Å². The minimum absolute atomic E-state index is 0.0176. The number of amides is 1. The number of hydrogen-bond donors (Lipinski definition) is 1. The fourth-order valence-electron chi connectivity index (χ4n) is 4.53. The average molecular weight is 468 g/mol. The second kappa shape index (κ2) is 9.02. The van der Waals surface area contributed by atoms with Crippen LogP contribution in [0.2, 0.25) is 0 Å². The Morgan fingerprint density at radius 2 is 2.06 bits per heavy atom. The molecule has 10 nitrogen and oxygen atoms in total. The number of anilines is 1. The van der Waals surface area contributed by atoms with E-state index in [1.165, 1.54) is 0 Å². The largest absolute Gasteiger partial charge is 0.497 e. The molecule has 180 valence electrons. The number of aromatic nitrogens is 3. The molecule has 4 heterocycles. The lowest BCUT2D eigenvalue weighted by Gasteiger charge is -2.25. The summed E-state index contributed by atoms with van der Waals surface area (Å²) >= 11 is 0. The lowest BCUT2D eigenvalue weighted by Crippen LogP contribution is -2.41. The molecule has 2 aliphatic rings. The molecule has 1 saturated heterocycles. The molecule has 0 radical (unpaired) electrons. The number of rotatable bonds is 4. The Morgan fingerprint density at radius 3 is 2.82 bits per heavy atom. The van der Waals surface area contributed by atoms with Crippen molar-refractivity contribution in [3.8, 4) is 28.5 Å². The van der Waals surface area contributed by atoms with E-state index in [2.05, 4.69) is 10.4 Å². The first-order chi connectivity index (χ1) is 16.5. The number of benzene rings is 1. The van der Waals surface area contributed by atoms with E-state index < -0.39 is 6.10 Å². The van der Waals surface area contributed by atoms with E-state index in [1.807, 2.05) is 36.9 Å². The van der Waals surface area contributed by atoms with Crippen molar-refractivity contribution in [1.29, 1.82) is 0 Å². The van der Waals surface area contributed by atoms with Gasteiger partial charge in [0.1, 0.15) is 18.5 Å². The van der Waals surface area contributed by atoms with Crippen molar-refractivity contribution in [1.82, 2.24) is 19.5 Å². The molecule has 1 N–H and O–H groups in total. The predicted molar refractivity (Wildman–Crippen MR) is 126 cm³/mol. The van der Waals surface area contributed by atoms with Crippen LogP contribution in [0, 0.1) is 0 Å². The molecule has 2 aliphatic heterocycles. The Morgan fingerprint density at radius 1 is 1.21 bits per heavy atom. The van der Waals surface area contributed by atoms with Crippen molar-refractivity contribution >= 4 is 17.2 Å². The maximum absolute atomic E-state index is 13.1. The molecule has 1 unspecified atom stereocenters. The number of carbonyl (C=O) groups is 1. The van der Waals surface area contributed by atoms with Crippen molar-refractivity contribution in [2.45, 2.75) is 38.5 Å². The van der Waals surface area contributed by atoms with Crippen molar-refractivity contribution in [2.75, 3.05) is 39.2 Å². The Balaban J connectivity index is 1.58. The fourth-order valence-corrected chi connectivity index (χ4v) is 4.53. The average Bonchev–Trinajstić information content (AvgIpc) is 3.36. The number of nitrogens with zero attached hydrogens (tertiary/aromatic N) is 4. The number of hydrogen-bond acceptors (Lipinski definition) is 8. The molecule has 34 heavy (non-hydrogen) atoms. The summed E-state index contributed by atoms with van der Waals surface area (Å²) in [5.74, 6) is 1.51. The SMILES string of the molecule is COc1cc2cc(c1)-c1cnn3cc(OC)c(nc13)OCC1C[C@@H](OC(C)C)C(=O)N1CCN2. The normalized spacial score (nSPS) is 20.1. The minimum atomic E-state index is -0.480.